The molecule has 0 spiro atoms. The highest BCUT2D eigenvalue weighted by Gasteiger charge is 2.54. The number of aliphatic hydroxyl groups excluding tert-OH is 1. The lowest BCUT2D eigenvalue weighted by atomic mass is 9.53. The summed E-state index contributed by atoms with van der Waals surface area (Å²) in [6.07, 6.45) is 2.61. The number of rotatable bonds is 2. The summed E-state index contributed by atoms with van der Waals surface area (Å²) in [5, 5.41) is 12.6. The van der Waals surface area contributed by atoms with E-state index in [1.807, 2.05) is 23.2 Å². The molecule has 1 saturated heterocycles. The zero-order valence-corrected chi connectivity index (χ0v) is 18.8. The molecule has 6 atom stereocenters. The topological polar surface area (TPSA) is 56.7 Å². The van der Waals surface area contributed by atoms with E-state index in [2.05, 4.69) is 32.7 Å². The zero-order valence-electron chi connectivity index (χ0n) is 17.9. The fourth-order valence-electron chi connectivity index (χ4n) is 6.17. The van der Waals surface area contributed by atoms with Crippen LogP contribution in [0.3, 0.4) is 0 Å². The fraction of sp³-hybridized carbons (Fsp3) is 0.818. The van der Waals surface area contributed by atoms with Crippen LogP contribution in [0, 0.1) is 30.1 Å². The van der Waals surface area contributed by atoms with Crippen LogP contribution >= 0.6 is 11.3 Å². The Labute approximate surface area is 173 Å². The fourth-order valence-corrected chi connectivity index (χ4v) is 7.40. The van der Waals surface area contributed by atoms with E-state index in [4.69, 9.17) is 4.98 Å². The van der Waals surface area contributed by atoms with Crippen LogP contribution in [0.4, 0.5) is 0 Å². The summed E-state index contributed by atoms with van der Waals surface area (Å²) in [6.45, 7) is 12.2. The van der Waals surface area contributed by atoms with E-state index in [-0.39, 0.29) is 35.0 Å². The van der Waals surface area contributed by atoms with Crippen molar-refractivity contribution in [3.05, 3.63) is 15.6 Å². The number of fused-ring (bicyclic) bond motifs is 2. The lowest BCUT2D eigenvalue weighted by Crippen LogP contribution is -2.55. The molecule has 0 unspecified atom stereocenters. The summed E-state index contributed by atoms with van der Waals surface area (Å²) in [7, 11) is 2.11. The minimum Gasteiger partial charge on any atom is -0.392 e. The van der Waals surface area contributed by atoms with E-state index in [1.54, 1.807) is 0 Å². The molecule has 6 heteroatoms. The average molecular weight is 406 g/mol. The Morgan fingerprint density at radius 1 is 1.32 bits per heavy atom. The van der Waals surface area contributed by atoms with Crippen LogP contribution in [0.15, 0.2) is 0 Å². The second-order valence-corrected chi connectivity index (χ2v) is 11.1. The molecule has 1 aromatic heterocycles. The van der Waals surface area contributed by atoms with Gasteiger partial charge in [-0.1, -0.05) is 20.8 Å². The summed E-state index contributed by atoms with van der Waals surface area (Å²) in [5.74, 6) is 0.600. The number of hydrogen-bond acceptors (Lipinski definition) is 5. The van der Waals surface area contributed by atoms with Gasteiger partial charge in [-0.3, -0.25) is 4.79 Å². The van der Waals surface area contributed by atoms with Crippen LogP contribution in [0.25, 0.3) is 0 Å². The van der Waals surface area contributed by atoms with Gasteiger partial charge in [-0.15, -0.1) is 11.3 Å². The molecular weight excluding hydrogens is 370 g/mol. The Morgan fingerprint density at radius 3 is 2.68 bits per heavy atom. The number of aryl methyl sites for hydroxylation is 1. The number of aliphatic hydroxyl groups is 1. The molecular formula is C22H35N3O2S. The van der Waals surface area contributed by atoms with E-state index in [9.17, 15) is 9.90 Å². The molecule has 4 rings (SSSR count). The predicted octanol–water partition coefficient (Wildman–Crippen LogP) is 2.91. The maximum atomic E-state index is 13.2. The molecule has 2 aliphatic carbocycles. The molecule has 0 aromatic carbocycles. The van der Waals surface area contributed by atoms with E-state index < -0.39 is 6.10 Å². The van der Waals surface area contributed by atoms with Crippen LogP contribution < -0.4 is 0 Å². The molecule has 0 bridgehead atoms. The maximum Gasteiger partial charge on any atom is 0.225 e. The van der Waals surface area contributed by atoms with Gasteiger partial charge in [0.25, 0.3) is 0 Å². The maximum absolute atomic E-state index is 13.2. The number of aromatic nitrogens is 1. The SMILES string of the molecule is Cc1nc2c(s1)C[C@@]1(C)CC[C@@H]([C@H](C)C(=O)N3CCN(C)CC3)[C@H](O)[C@H]1[C@@H]2C. The third kappa shape index (κ3) is 3.31. The highest BCUT2D eigenvalue weighted by atomic mass is 32.1. The van der Waals surface area contributed by atoms with Crippen molar-refractivity contribution in [1.82, 2.24) is 14.8 Å². The van der Waals surface area contributed by atoms with Gasteiger partial charge in [0.1, 0.15) is 0 Å². The third-order valence-corrected chi connectivity index (χ3v) is 8.86. The van der Waals surface area contributed by atoms with Crippen molar-refractivity contribution >= 4 is 17.2 Å². The average Bonchev–Trinajstić information content (AvgIpc) is 3.01. The van der Waals surface area contributed by atoms with Gasteiger partial charge < -0.3 is 14.9 Å². The quantitative estimate of drug-likeness (QED) is 0.822. The van der Waals surface area contributed by atoms with Gasteiger partial charge in [0.05, 0.1) is 16.8 Å². The molecule has 5 nitrogen and oxygen atoms in total. The van der Waals surface area contributed by atoms with Crippen LogP contribution in [-0.2, 0) is 11.2 Å². The monoisotopic (exact) mass is 405 g/mol. The highest BCUT2D eigenvalue weighted by Crippen LogP contribution is 2.57. The van der Waals surface area contributed by atoms with Crippen LogP contribution in [0.1, 0.15) is 55.1 Å². The molecule has 1 aliphatic heterocycles. The summed E-state index contributed by atoms with van der Waals surface area (Å²) < 4.78 is 0. The molecule has 2 fully saturated rings. The van der Waals surface area contributed by atoms with Crippen LogP contribution in [-0.4, -0.2) is 65.1 Å². The summed E-state index contributed by atoms with van der Waals surface area (Å²) in [6, 6.07) is 0. The first-order valence-electron chi connectivity index (χ1n) is 10.8. The highest BCUT2D eigenvalue weighted by molar-refractivity contribution is 7.11. The summed E-state index contributed by atoms with van der Waals surface area (Å²) >= 11 is 1.82. The number of piperazine rings is 1. The van der Waals surface area contributed by atoms with E-state index in [0.29, 0.717) is 0 Å². The normalized spacial score (nSPS) is 37.3. The predicted molar refractivity (Wildman–Crippen MR) is 113 cm³/mol. The first-order valence-corrected chi connectivity index (χ1v) is 11.6. The second-order valence-electron chi connectivity index (χ2n) is 9.80. The minimum absolute atomic E-state index is 0.0500. The minimum atomic E-state index is -0.435. The van der Waals surface area contributed by atoms with Gasteiger partial charge in [0.15, 0.2) is 0 Å². The van der Waals surface area contributed by atoms with Crippen molar-refractivity contribution in [2.45, 2.75) is 59.0 Å². The number of nitrogens with zero attached hydrogens (tertiary/aromatic N) is 3. The van der Waals surface area contributed by atoms with Gasteiger partial charge >= 0.3 is 0 Å². The molecule has 3 aliphatic rings. The molecule has 1 N–H and O–H groups in total. The lowest BCUT2D eigenvalue weighted by molar-refractivity contribution is -0.146. The van der Waals surface area contributed by atoms with Crippen LogP contribution in [0.5, 0.6) is 0 Å². The number of amides is 1. The van der Waals surface area contributed by atoms with Crippen molar-refractivity contribution in [3.8, 4) is 0 Å². The Hall–Kier alpha value is -0.980. The first kappa shape index (κ1) is 20.3. The summed E-state index contributed by atoms with van der Waals surface area (Å²) in [4.78, 5) is 23.7. The van der Waals surface area contributed by atoms with E-state index in [1.165, 1.54) is 10.6 Å². The van der Waals surface area contributed by atoms with Gasteiger partial charge in [-0.2, -0.15) is 0 Å². The number of carbonyl (C=O) groups is 1. The number of likely N-dealkylation sites (N-methyl/N-ethyl adjacent to an activating group) is 1. The largest absolute Gasteiger partial charge is 0.392 e. The van der Waals surface area contributed by atoms with E-state index >= 15 is 0 Å². The Morgan fingerprint density at radius 2 is 2.00 bits per heavy atom. The Bertz CT molecular complexity index is 742. The van der Waals surface area contributed by atoms with Crippen molar-refractivity contribution < 1.29 is 9.90 Å². The van der Waals surface area contributed by atoms with Crippen molar-refractivity contribution in [1.29, 1.82) is 0 Å². The number of hydrogen-bond donors (Lipinski definition) is 1. The Balaban J connectivity index is 1.53. The van der Waals surface area contributed by atoms with Crippen molar-refractivity contribution in [2.75, 3.05) is 33.2 Å². The second kappa shape index (κ2) is 7.37. The molecule has 1 amide bonds. The molecule has 28 heavy (non-hydrogen) atoms. The molecule has 156 valence electrons. The van der Waals surface area contributed by atoms with E-state index in [0.717, 1.165) is 50.4 Å². The number of carbonyl (C=O) groups excluding carboxylic acids is 1. The van der Waals surface area contributed by atoms with Crippen molar-refractivity contribution in [2.24, 2.45) is 23.2 Å². The standard InChI is InChI=1S/C22H35N3O2S/c1-13(21(27)25-10-8-24(5)9-11-25)16-6-7-22(4)12-17-19(23-15(3)28-17)14(2)18(22)20(16)26/h13-14,16,18,20,26H,6-12H2,1-5H3/t13-,14-,16-,18+,20-,22+/m0/s1. The first-order chi connectivity index (χ1) is 13.2. The smallest absolute Gasteiger partial charge is 0.225 e. The number of thiazole rings is 1. The van der Waals surface area contributed by atoms with Crippen molar-refractivity contribution in [3.63, 3.8) is 0 Å². The van der Waals surface area contributed by atoms with Gasteiger partial charge in [0, 0.05) is 42.9 Å². The molecule has 1 saturated carbocycles. The zero-order chi connectivity index (χ0) is 20.2. The molecule has 1 aromatic rings. The Kier molecular flexibility index (Phi) is 5.34. The van der Waals surface area contributed by atoms with Gasteiger partial charge in [-0.25, -0.2) is 4.98 Å². The van der Waals surface area contributed by atoms with Gasteiger partial charge in [-0.05, 0) is 50.5 Å². The van der Waals surface area contributed by atoms with Crippen LogP contribution in [0.2, 0.25) is 0 Å². The third-order valence-electron chi connectivity index (χ3n) is 7.88. The summed E-state index contributed by atoms with van der Waals surface area (Å²) in [5.41, 5.74) is 1.31. The lowest BCUT2D eigenvalue weighted by Gasteiger charge is -2.53. The van der Waals surface area contributed by atoms with Gasteiger partial charge in [0.2, 0.25) is 5.91 Å². The molecule has 2 heterocycles. The molecule has 0 radical (unpaired) electrons.